The van der Waals surface area contributed by atoms with E-state index in [1.54, 1.807) is 66.9 Å². The molecule has 0 radical (unpaired) electrons. The maximum atomic E-state index is 15.7. The Bertz CT molecular complexity index is 2890. The van der Waals surface area contributed by atoms with E-state index in [0.29, 0.717) is 102 Å². The van der Waals surface area contributed by atoms with Crippen molar-refractivity contribution in [3.8, 4) is 23.0 Å². The highest BCUT2D eigenvalue weighted by Gasteiger charge is 2.66. The van der Waals surface area contributed by atoms with E-state index < -0.39 is 38.6 Å². The third-order valence-electron chi connectivity index (χ3n) is 13.7. The van der Waals surface area contributed by atoms with Crippen LogP contribution in [0.25, 0.3) is 10.9 Å². The lowest BCUT2D eigenvalue weighted by atomic mass is 9.55. The maximum Gasteiger partial charge on any atom is 0.269 e. The number of rotatable bonds is 24. The number of nitro groups is 1. The average Bonchev–Trinajstić information content (AvgIpc) is 3.38. The van der Waals surface area contributed by atoms with E-state index in [1.165, 1.54) is 23.5 Å². The molecule has 1 saturated carbocycles. The molecule has 3 aliphatic rings. The topological polar surface area (TPSA) is 209 Å². The van der Waals surface area contributed by atoms with E-state index in [9.17, 15) is 25.1 Å². The molecule has 0 spiro atoms. The van der Waals surface area contributed by atoms with Crippen LogP contribution in [-0.2, 0) is 26.2 Å². The number of aliphatic hydroxyl groups excluding tert-OH is 2. The smallest absolute Gasteiger partial charge is 0.269 e. The van der Waals surface area contributed by atoms with Gasteiger partial charge in [0, 0.05) is 61.4 Å². The highest BCUT2D eigenvalue weighted by atomic mass is 32.2. The number of aromatic nitrogens is 1. The number of hydrogen-bond donors (Lipinski definition) is 2. The summed E-state index contributed by atoms with van der Waals surface area (Å²) in [5.41, 5.74) is 3.23. The molecular formula is C54H60N4O12S. The Kier molecular flexibility index (Phi) is 16.3. The SMILES string of the molecule is C=CCOC12Oc3ccc(Oc4ccc(OC)c(C=O)c4)cc3C3C(CCCCO)C(CCCCO)C=C(C(=NOCc4ccc([N+](=O)[O-])cc4)CC1N(CCC)S(=O)(=O)c1cccc4cccnc14)C32. The first-order valence-electron chi connectivity index (χ1n) is 24.1. The number of fused-ring (bicyclic) bond motifs is 3. The summed E-state index contributed by atoms with van der Waals surface area (Å²) >= 11 is 0. The number of carbonyl (C=O) groups excluding carboxylic acids is 1. The van der Waals surface area contributed by atoms with Crippen LogP contribution in [0.5, 0.6) is 23.0 Å². The zero-order valence-corrected chi connectivity index (χ0v) is 40.7. The van der Waals surface area contributed by atoms with Gasteiger partial charge in [-0.05, 0) is 116 Å². The molecule has 17 heteroatoms. The summed E-state index contributed by atoms with van der Waals surface area (Å²) in [5, 5.41) is 37.0. The number of carbonyl (C=O) groups is 1. The Labute approximate surface area is 413 Å². The predicted molar refractivity (Wildman–Crippen MR) is 267 cm³/mol. The van der Waals surface area contributed by atoms with Crippen LogP contribution in [0.4, 0.5) is 5.69 Å². The molecule has 71 heavy (non-hydrogen) atoms. The first-order valence-corrected chi connectivity index (χ1v) is 25.6. The van der Waals surface area contributed by atoms with E-state index in [4.69, 9.17) is 28.9 Å². The van der Waals surface area contributed by atoms with Gasteiger partial charge in [-0.2, -0.15) is 4.31 Å². The first-order chi connectivity index (χ1) is 34.5. The van der Waals surface area contributed by atoms with Crippen LogP contribution in [0.15, 0.2) is 132 Å². The largest absolute Gasteiger partial charge is 0.496 e. The molecule has 2 heterocycles. The fourth-order valence-corrected chi connectivity index (χ4v) is 12.6. The number of methoxy groups -OCH3 is 1. The van der Waals surface area contributed by atoms with Crippen molar-refractivity contribution in [1.29, 1.82) is 0 Å². The van der Waals surface area contributed by atoms with Crippen molar-refractivity contribution >= 4 is 38.6 Å². The Balaban J connectivity index is 1.36. The Morgan fingerprint density at radius 3 is 2.45 bits per heavy atom. The Morgan fingerprint density at radius 1 is 0.986 bits per heavy atom. The Hall–Kier alpha value is -6.50. The quantitative estimate of drug-likeness (QED) is 0.0194. The number of allylic oxidation sites excluding steroid dienone is 1. The number of nitro benzene ring substituents is 1. The summed E-state index contributed by atoms with van der Waals surface area (Å²) in [6.45, 7) is 5.99. The molecule has 4 aromatic carbocycles. The zero-order chi connectivity index (χ0) is 50.1. The van der Waals surface area contributed by atoms with Crippen molar-refractivity contribution in [3.63, 3.8) is 0 Å². The molecule has 0 amide bonds. The minimum atomic E-state index is -4.40. The van der Waals surface area contributed by atoms with Gasteiger partial charge in [-0.3, -0.25) is 19.9 Å². The highest BCUT2D eigenvalue weighted by Crippen LogP contribution is 2.62. The fraction of sp³-hybridized carbons (Fsp3) is 0.389. The predicted octanol–water partition coefficient (Wildman–Crippen LogP) is 9.69. The van der Waals surface area contributed by atoms with Crippen molar-refractivity contribution in [3.05, 3.63) is 148 Å². The highest BCUT2D eigenvalue weighted by molar-refractivity contribution is 7.89. The van der Waals surface area contributed by atoms with Crippen LogP contribution in [-0.4, -0.2) is 90.1 Å². The second-order valence-electron chi connectivity index (χ2n) is 18.0. The second kappa shape index (κ2) is 22.7. The number of aliphatic hydroxyl groups is 2. The number of unbranched alkanes of at least 4 members (excludes halogenated alkanes) is 2. The van der Waals surface area contributed by atoms with Gasteiger partial charge in [0.2, 0.25) is 15.8 Å². The Morgan fingerprint density at radius 2 is 1.73 bits per heavy atom. The molecule has 1 fully saturated rings. The summed E-state index contributed by atoms with van der Waals surface area (Å²) in [5.74, 6) is -1.33. The number of nitrogens with zero attached hydrogens (tertiary/aromatic N) is 4. The lowest BCUT2D eigenvalue weighted by Gasteiger charge is -2.59. The fourth-order valence-electron chi connectivity index (χ4n) is 10.7. The van der Waals surface area contributed by atoms with Gasteiger partial charge >= 0.3 is 0 Å². The summed E-state index contributed by atoms with van der Waals surface area (Å²) < 4.78 is 59.2. The molecule has 1 aromatic heterocycles. The molecule has 2 N–H and O–H groups in total. The molecule has 2 aliphatic carbocycles. The maximum absolute atomic E-state index is 15.7. The average molecular weight is 989 g/mol. The van der Waals surface area contributed by atoms with Crippen LogP contribution in [0, 0.1) is 27.9 Å². The van der Waals surface area contributed by atoms with E-state index >= 15 is 8.42 Å². The van der Waals surface area contributed by atoms with Crippen LogP contribution in [0.3, 0.4) is 0 Å². The summed E-state index contributed by atoms with van der Waals surface area (Å²) in [7, 11) is -2.91. The van der Waals surface area contributed by atoms with Crippen LogP contribution in [0.2, 0.25) is 0 Å². The van der Waals surface area contributed by atoms with Gasteiger partial charge in [0.15, 0.2) is 6.29 Å². The van der Waals surface area contributed by atoms with Gasteiger partial charge in [0.05, 0.1) is 47.4 Å². The molecule has 1 aliphatic heterocycles. The molecule has 16 nitrogen and oxygen atoms in total. The van der Waals surface area contributed by atoms with Gasteiger partial charge in [-0.15, -0.1) is 6.58 Å². The van der Waals surface area contributed by atoms with Crippen LogP contribution >= 0.6 is 0 Å². The third-order valence-corrected chi connectivity index (χ3v) is 15.7. The number of para-hydroxylation sites is 1. The van der Waals surface area contributed by atoms with Gasteiger partial charge in [-0.25, -0.2) is 8.42 Å². The molecule has 0 bridgehead atoms. The number of oxime groups is 1. The van der Waals surface area contributed by atoms with Gasteiger partial charge in [0.1, 0.15) is 34.5 Å². The minimum Gasteiger partial charge on any atom is -0.496 e. The van der Waals surface area contributed by atoms with E-state index in [-0.39, 0.29) is 61.8 Å². The second-order valence-corrected chi connectivity index (χ2v) is 19.9. The van der Waals surface area contributed by atoms with Crippen molar-refractivity contribution < 1.29 is 52.1 Å². The van der Waals surface area contributed by atoms with Crippen molar-refractivity contribution in [2.75, 3.05) is 33.5 Å². The number of aldehydes is 1. The molecule has 8 rings (SSSR count). The van der Waals surface area contributed by atoms with E-state index in [1.807, 2.05) is 31.2 Å². The summed E-state index contributed by atoms with van der Waals surface area (Å²) in [4.78, 5) is 33.8. The van der Waals surface area contributed by atoms with Crippen LogP contribution < -0.4 is 14.2 Å². The van der Waals surface area contributed by atoms with Gasteiger partial charge < -0.3 is 34.0 Å². The molecule has 5 aromatic rings. The summed E-state index contributed by atoms with van der Waals surface area (Å²) in [6.07, 6.45) is 10.4. The summed E-state index contributed by atoms with van der Waals surface area (Å²) in [6, 6.07) is 24.1. The van der Waals surface area contributed by atoms with Crippen molar-refractivity contribution in [2.24, 2.45) is 22.9 Å². The number of pyridine rings is 1. The van der Waals surface area contributed by atoms with Crippen LogP contribution in [0.1, 0.15) is 85.7 Å². The lowest BCUT2D eigenvalue weighted by Crippen LogP contribution is -2.70. The van der Waals surface area contributed by atoms with Crippen molar-refractivity contribution in [1.82, 2.24) is 9.29 Å². The van der Waals surface area contributed by atoms with Gasteiger partial charge in [-0.1, -0.05) is 55.3 Å². The molecular weight excluding hydrogens is 929 g/mol. The first kappa shape index (κ1) is 50.9. The van der Waals surface area contributed by atoms with Crippen molar-refractivity contribution in [2.45, 2.75) is 87.5 Å². The number of hydrogen-bond acceptors (Lipinski definition) is 14. The van der Waals surface area contributed by atoms with Gasteiger partial charge in [0.25, 0.3) is 5.69 Å². The monoisotopic (exact) mass is 988 g/mol. The number of sulfonamides is 1. The molecule has 374 valence electrons. The number of ether oxygens (including phenoxy) is 4. The third kappa shape index (κ3) is 10.5. The molecule has 6 atom stereocenters. The standard InChI is InChI=1S/C54H60N4O12S/c1-4-26-57(71(64,65)49-16-10-13-37-14-11-25-55-53(37)49)50-33-46(56-68-35-36-17-19-40(20-18-36)58(62)63)44-31-38(12-6-8-27-59)43(15-7-9-28-60)51-45-32-42(69-41-21-23-47(66-3)39(30-41)34-61)22-24-48(45)70-54(50,52(44)51)67-29-5-2/h5,10-11,13-14,16-25,30-32,34,38,43,50-52,59-60H,2,4,6-9,12,15,26-29,33,35H2,1,3H3. The zero-order valence-electron chi connectivity index (χ0n) is 39.9. The van der Waals surface area contributed by atoms with E-state index in [0.717, 1.165) is 11.1 Å². The molecule has 0 saturated heterocycles. The molecule has 6 unspecified atom stereocenters. The lowest BCUT2D eigenvalue weighted by molar-refractivity contribution is -0.384. The van der Waals surface area contributed by atoms with E-state index in [2.05, 4.69) is 17.6 Å². The number of non-ortho nitro benzene ring substituents is 1. The normalized spacial score (nSPS) is 22.0. The minimum absolute atomic E-state index is 0.00360. The number of benzene rings is 4.